The fourth-order valence-electron chi connectivity index (χ4n) is 1.70. The fraction of sp³-hybridized carbons (Fsp3) is 0.462. The molecule has 16 heavy (non-hydrogen) atoms. The summed E-state index contributed by atoms with van der Waals surface area (Å²) in [6, 6.07) is 10.1. The van der Waals surface area contributed by atoms with E-state index in [1.54, 1.807) is 7.11 Å². The summed E-state index contributed by atoms with van der Waals surface area (Å²) >= 11 is 0. The number of hydrogen-bond acceptors (Lipinski definition) is 3. The Morgan fingerprint density at radius 1 is 1.38 bits per heavy atom. The van der Waals surface area contributed by atoms with Crippen molar-refractivity contribution in [2.45, 2.75) is 19.9 Å². The fourth-order valence-corrected chi connectivity index (χ4v) is 1.70. The number of nitriles is 1. The zero-order valence-corrected chi connectivity index (χ0v) is 9.94. The lowest BCUT2D eigenvalue weighted by atomic mass is 10.2. The summed E-state index contributed by atoms with van der Waals surface area (Å²) in [6.45, 7) is 4.29. The Morgan fingerprint density at radius 3 is 2.75 bits per heavy atom. The van der Waals surface area contributed by atoms with Crippen LogP contribution >= 0.6 is 0 Å². The zero-order chi connectivity index (χ0) is 11.8. The second kappa shape index (κ2) is 6.86. The zero-order valence-electron chi connectivity index (χ0n) is 9.94. The lowest BCUT2D eigenvalue weighted by Gasteiger charge is -2.19. The van der Waals surface area contributed by atoms with Gasteiger partial charge in [0, 0.05) is 12.1 Å². The van der Waals surface area contributed by atoms with Crippen molar-refractivity contribution in [2.75, 3.05) is 20.2 Å². The van der Waals surface area contributed by atoms with Gasteiger partial charge in [-0.1, -0.05) is 25.1 Å². The molecule has 0 aromatic heterocycles. The molecular weight excluding hydrogens is 200 g/mol. The van der Waals surface area contributed by atoms with Crippen LogP contribution in [0.2, 0.25) is 0 Å². The van der Waals surface area contributed by atoms with Crippen LogP contribution in [0.5, 0.6) is 5.75 Å². The number of para-hydroxylation sites is 1. The number of methoxy groups -OCH3 is 1. The molecule has 0 N–H and O–H groups in total. The molecule has 0 bridgehead atoms. The van der Waals surface area contributed by atoms with Gasteiger partial charge in [-0.3, -0.25) is 4.90 Å². The van der Waals surface area contributed by atoms with Crippen LogP contribution in [0.3, 0.4) is 0 Å². The standard InChI is InChI=1S/C13H18N2O/c1-3-9-15(10-8-14)11-12-6-4-5-7-13(12)16-2/h4-7H,3,9-11H2,1-2H3. The van der Waals surface area contributed by atoms with Gasteiger partial charge < -0.3 is 4.74 Å². The molecule has 0 spiro atoms. The van der Waals surface area contributed by atoms with Crippen LogP contribution in [0.4, 0.5) is 0 Å². The Hall–Kier alpha value is -1.53. The van der Waals surface area contributed by atoms with Gasteiger partial charge in [-0.05, 0) is 19.0 Å². The molecule has 1 rings (SSSR count). The molecule has 0 atom stereocenters. The Morgan fingerprint density at radius 2 is 2.12 bits per heavy atom. The van der Waals surface area contributed by atoms with E-state index in [0.29, 0.717) is 6.54 Å². The minimum atomic E-state index is 0.464. The van der Waals surface area contributed by atoms with E-state index in [4.69, 9.17) is 10.00 Å². The van der Waals surface area contributed by atoms with E-state index in [0.717, 1.165) is 30.8 Å². The predicted molar refractivity (Wildman–Crippen MR) is 64.2 cm³/mol. The number of ether oxygens (including phenoxy) is 1. The minimum absolute atomic E-state index is 0.464. The molecule has 0 aliphatic heterocycles. The van der Waals surface area contributed by atoms with Gasteiger partial charge in [0.1, 0.15) is 5.75 Å². The maximum atomic E-state index is 8.74. The Kier molecular flexibility index (Phi) is 5.38. The Labute approximate surface area is 97.3 Å². The molecule has 0 heterocycles. The summed E-state index contributed by atoms with van der Waals surface area (Å²) in [6.07, 6.45) is 1.05. The summed E-state index contributed by atoms with van der Waals surface area (Å²) in [4.78, 5) is 2.12. The lowest BCUT2D eigenvalue weighted by molar-refractivity contribution is 0.291. The van der Waals surface area contributed by atoms with Gasteiger partial charge in [-0.25, -0.2) is 0 Å². The summed E-state index contributed by atoms with van der Waals surface area (Å²) in [7, 11) is 1.67. The molecule has 0 fully saturated rings. The number of rotatable bonds is 6. The van der Waals surface area contributed by atoms with E-state index in [-0.39, 0.29) is 0 Å². The largest absolute Gasteiger partial charge is 0.496 e. The summed E-state index contributed by atoms with van der Waals surface area (Å²) in [5.74, 6) is 0.890. The molecule has 3 heteroatoms. The van der Waals surface area contributed by atoms with Gasteiger partial charge in [0.05, 0.1) is 19.7 Å². The second-order valence-corrected chi connectivity index (χ2v) is 3.68. The molecule has 0 radical (unpaired) electrons. The van der Waals surface area contributed by atoms with Crippen LogP contribution in [0.1, 0.15) is 18.9 Å². The van der Waals surface area contributed by atoms with Crippen LogP contribution in [0, 0.1) is 11.3 Å². The van der Waals surface area contributed by atoms with Gasteiger partial charge in [0.2, 0.25) is 0 Å². The molecule has 3 nitrogen and oxygen atoms in total. The van der Waals surface area contributed by atoms with Gasteiger partial charge in [-0.15, -0.1) is 0 Å². The third kappa shape index (κ3) is 3.56. The Balaban J connectivity index is 2.72. The summed E-state index contributed by atoms with van der Waals surface area (Å²) < 4.78 is 5.29. The van der Waals surface area contributed by atoms with Gasteiger partial charge in [-0.2, -0.15) is 5.26 Å². The third-order valence-corrected chi connectivity index (χ3v) is 2.42. The Bertz CT molecular complexity index is 357. The average Bonchev–Trinajstić information content (AvgIpc) is 2.30. The van der Waals surface area contributed by atoms with Crippen molar-refractivity contribution in [1.29, 1.82) is 5.26 Å². The van der Waals surface area contributed by atoms with Crippen molar-refractivity contribution in [3.05, 3.63) is 29.8 Å². The van der Waals surface area contributed by atoms with Crippen molar-refractivity contribution < 1.29 is 4.74 Å². The first-order valence-electron chi connectivity index (χ1n) is 5.53. The van der Waals surface area contributed by atoms with E-state index in [1.807, 2.05) is 24.3 Å². The van der Waals surface area contributed by atoms with Crippen molar-refractivity contribution in [3.8, 4) is 11.8 Å². The number of benzene rings is 1. The summed E-state index contributed by atoms with van der Waals surface area (Å²) in [5.41, 5.74) is 1.13. The topological polar surface area (TPSA) is 36.3 Å². The molecular formula is C13H18N2O. The van der Waals surface area contributed by atoms with Crippen LogP contribution < -0.4 is 4.74 Å². The molecule has 0 saturated carbocycles. The molecule has 86 valence electrons. The maximum absolute atomic E-state index is 8.74. The van der Waals surface area contributed by atoms with Crippen LogP contribution in [0.25, 0.3) is 0 Å². The highest BCUT2D eigenvalue weighted by Gasteiger charge is 2.07. The average molecular weight is 218 g/mol. The number of hydrogen-bond donors (Lipinski definition) is 0. The van der Waals surface area contributed by atoms with Crippen molar-refractivity contribution in [3.63, 3.8) is 0 Å². The van der Waals surface area contributed by atoms with E-state index >= 15 is 0 Å². The van der Waals surface area contributed by atoms with Crippen LogP contribution in [-0.2, 0) is 6.54 Å². The molecule has 1 aromatic carbocycles. The van der Waals surface area contributed by atoms with Crippen molar-refractivity contribution >= 4 is 0 Å². The first kappa shape index (κ1) is 12.5. The first-order valence-corrected chi connectivity index (χ1v) is 5.53. The van der Waals surface area contributed by atoms with E-state index in [9.17, 15) is 0 Å². The third-order valence-electron chi connectivity index (χ3n) is 2.42. The monoisotopic (exact) mass is 218 g/mol. The van der Waals surface area contributed by atoms with Crippen LogP contribution in [0.15, 0.2) is 24.3 Å². The van der Waals surface area contributed by atoms with E-state index < -0.39 is 0 Å². The molecule has 0 aliphatic carbocycles. The second-order valence-electron chi connectivity index (χ2n) is 3.68. The lowest BCUT2D eigenvalue weighted by Crippen LogP contribution is -2.24. The predicted octanol–water partition coefficient (Wildman–Crippen LogP) is 2.43. The van der Waals surface area contributed by atoms with Crippen LogP contribution in [-0.4, -0.2) is 25.1 Å². The highest BCUT2D eigenvalue weighted by atomic mass is 16.5. The molecule has 0 amide bonds. The molecule has 0 saturated heterocycles. The summed E-state index contributed by atoms with van der Waals surface area (Å²) in [5, 5.41) is 8.74. The maximum Gasteiger partial charge on any atom is 0.123 e. The smallest absolute Gasteiger partial charge is 0.123 e. The SMILES string of the molecule is CCCN(CC#N)Cc1ccccc1OC. The highest BCUT2D eigenvalue weighted by Crippen LogP contribution is 2.19. The minimum Gasteiger partial charge on any atom is -0.496 e. The molecule has 0 unspecified atom stereocenters. The van der Waals surface area contributed by atoms with Gasteiger partial charge in [0.25, 0.3) is 0 Å². The van der Waals surface area contributed by atoms with Gasteiger partial charge in [0.15, 0.2) is 0 Å². The quantitative estimate of drug-likeness (QED) is 0.688. The van der Waals surface area contributed by atoms with Crippen molar-refractivity contribution in [2.24, 2.45) is 0 Å². The normalized spacial score (nSPS) is 10.1. The number of nitrogens with zero attached hydrogens (tertiary/aromatic N) is 2. The van der Waals surface area contributed by atoms with Gasteiger partial charge >= 0.3 is 0 Å². The highest BCUT2D eigenvalue weighted by molar-refractivity contribution is 5.33. The van der Waals surface area contributed by atoms with Crippen molar-refractivity contribution in [1.82, 2.24) is 4.90 Å². The first-order chi connectivity index (χ1) is 7.81. The molecule has 0 aliphatic rings. The van der Waals surface area contributed by atoms with E-state index in [1.165, 1.54) is 0 Å². The molecule has 1 aromatic rings. The van der Waals surface area contributed by atoms with E-state index in [2.05, 4.69) is 17.9 Å².